The molecule has 0 aliphatic rings. The van der Waals surface area contributed by atoms with E-state index in [4.69, 9.17) is 5.73 Å². The molecule has 17 heavy (non-hydrogen) atoms. The molecule has 1 unspecified atom stereocenters. The molecule has 0 heterocycles. The second-order valence-corrected chi connectivity index (χ2v) is 4.91. The molecule has 0 saturated carbocycles. The van der Waals surface area contributed by atoms with Crippen LogP contribution in [0.1, 0.15) is 29.3 Å². The van der Waals surface area contributed by atoms with Crippen LogP contribution in [0, 0.1) is 0 Å². The highest BCUT2D eigenvalue weighted by atomic mass is 32.2. The predicted molar refractivity (Wildman–Crippen MR) is 74.3 cm³/mol. The number of hydrogen-bond donors (Lipinski definition) is 2. The van der Waals surface area contributed by atoms with E-state index in [0.29, 0.717) is 11.6 Å². The third-order valence-electron chi connectivity index (χ3n) is 2.69. The van der Waals surface area contributed by atoms with E-state index in [2.05, 4.69) is 18.5 Å². The van der Waals surface area contributed by atoms with Crippen molar-refractivity contribution in [2.75, 3.05) is 12.0 Å². The van der Waals surface area contributed by atoms with Crippen molar-refractivity contribution in [3.8, 4) is 0 Å². The Morgan fingerprint density at radius 1 is 1.41 bits per heavy atom. The molecule has 0 saturated heterocycles. The monoisotopic (exact) mass is 252 g/mol. The molecule has 0 aliphatic carbocycles. The van der Waals surface area contributed by atoms with Crippen molar-refractivity contribution >= 4 is 17.7 Å². The highest BCUT2D eigenvalue weighted by Crippen LogP contribution is 2.06. The maximum Gasteiger partial charge on any atom is 0.248 e. The standard InChI is InChI=1S/C13H20N2OS/c1-3-12(9-17-2)15-8-10-4-6-11(7-5-10)13(14)16/h4-7,12,15H,3,8-9H2,1-2H3,(H2,14,16). The summed E-state index contributed by atoms with van der Waals surface area (Å²) in [4.78, 5) is 10.9. The number of nitrogens with two attached hydrogens (primary N) is 1. The molecule has 1 amide bonds. The molecule has 3 nitrogen and oxygen atoms in total. The van der Waals surface area contributed by atoms with Crippen LogP contribution in [0.25, 0.3) is 0 Å². The molecule has 0 fully saturated rings. The van der Waals surface area contributed by atoms with Gasteiger partial charge in [0.15, 0.2) is 0 Å². The molecule has 0 aliphatic heterocycles. The summed E-state index contributed by atoms with van der Waals surface area (Å²) in [5, 5.41) is 3.50. The average molecular weight is 252 g/mol. The van der Waals surface area contributed by atoms with E-state index in [0.717, 1.165) is 18.7 Å². The largest absolute Gasteiger partial charge is 0.366 e. The minimum absolute atomic E-state index is 0.377. The molecule has 0 radical (unpaired) electrons. The maximum absolute atomic E-state index is 10.9. The van der Waals surface area contributed by atoms with Gasteiger partial charge in [0.25, 0.3) is 0 Å². The van der Waals surface area contributed by atoms with Crippen molar-refractivity contribution in [2.45, 2.75) is 25.9 Å². The fraction of sp³-hybridized carbons (Fsp3) is 0.462. The molecular formula is C13H20N2OS. The molecular weight excluding hydrogens is 232 g/mol. The van der Waals surface area contributed by atoms with Crippen LogP contribution in [-0.2, 0) is 6.54 Å². The second kappa shape index (κ2) is 7.35. The van der Waals surface area contributed by atoms with Crippen molar-refractivity contribution in [1.82, 2.24) is 5.32 Å². The Morgan fingerprint density at radius 3 is 2.53 bits per heavy atom. The lowest BCUT2D eigenvalue weighted by molar-refractivity contribution is 0.100. The molecule has 0 spiro atoms. The first-order chi connectivity index (χ1) is 8.17. The minimum atomic E-state index is -0.377. The maximum atomic E-state index is 10.9. The summed E-state index contributed by atoms with van der Waals surface area (Å²) in [6.45, 7) is 3.02. The fourth-order valence-electron chi connectivity index (χ4n) is 1.57. The van der Waals surface area contributed by atoms with Crippen molar-refractivity contribution in [3.63, 3.8) is 0 Å². The summed E-state index contributed by atoms with van der Waals surface area (Å²) < 4.78 is 0. The van der Waals surface area contributed by atoms with Gasteiger partial charge >= 0.3 is 0 Å². The Hall–Kier alpha value is -1.00. The van der Waals surface area contributed by atoms with E-state index >= 15 is 0 Å². The lowest BCUT2D eigenvalue weighted by Gasteiger charge is -2.15. The number of benzene rings is 1. The number of amides is 1. The summed E-state index contributed by atoms with van der Waals surface area (Å²) in [6.07, 6.45) is 3.24. The molecule has 94 valence electrons. The first kappa shape index (κ1) is 14.1. The van der Waals surface area contributed by atoms with Crippen LogP contribution in [0.5, 0.6) is 0 Å². The Labute approximate surface area is 107 Å². The average Bonchev–Trinajstić information content (AvgIpc) is 2.35. The van der Waals surface area contributed by atoms with E-state index in [1.807, 2.05) is 23.9 Å². The Morgan fingerprint density at radius 2 is 2.06 bits per heavy atom. The van der Waals surface area contributed by atoms with Gasteiger partial charge in [0.2, 0.25) is 5.91 Å². The van der Waals surface area contributed by atoms with Crippen molar-refractivity contribution in [2.24, 2.45) is 5.73 Å². The zero-order valence-electron chi connectivity index (χ0n) is 10.4. The highest BCUT2D eigenvalue weighted by molar-refractivity contribution is 7.98. The molecule has 1 rings (SSSR count). The molecule has 1 atom stereocenters. The first-order valence-electron chi connectivity index (χ1n) is 5.78. The van der Waals surface area contributed by atoms with Crippen molar-refractivity contribution < 1.29 is 4.79 Å². The Kier molecular flexibility index (Phi) is 6.08. The SMILES string of the molecule is CCC(CSC)NCc1ccc(C(N)=O)cc1. The van der Waals surface area contributed by atoms with Gasteiger partial charge < -0.3 is 11.1 Å². The quantitative estimate of drug-likeness (QED) is 0.780. The van der Waals surface area contributed by atoms with E-state index in [1.54, 1.807) is 12.1 Å². The van der Waals surface area contributed by atoms with Crippen LogP contribution in [-0.4, -0.2) is 24.0 Å². The Bertz CT molecular complexity index is 351. The zero-order valence-corrected chi connectivity index (χ0v) is 11.2. The highest BCUT2D eigenvalue weighted by Gasteiger charge is 2.05. The van der Waals surface area contributed by atoms with Crippen LogP contribution in [0.3, 0.4) is 0 Å². The van der Waals surface area contributed by atoms with Gasteiger partial charge in [-0.3, -0.25) is 4.79 Å². The number of rotatable bonds is 7. The molecule has 4 heteroatoms. The number of nitrogens with one attached hydrogen (secondary N) is 1. The second-order valence-electron chi connectivity index (χ2n) is 4.00. The first-order valence-corrected chi connectivity index (χ1v) is 7.17. The van der Waals surface area contributed by atoms with Gasteiger partial charge in [0.1, 0.15) is 0 Å². The van der Waals surface area contributed by atoms with E-state index < -0.39 is 0 Å². The lowest BCUT2D eigenvalue weighted by atomic mass is 10.1. The number of hydrogen-bond acceptors (Lipinski definition) is 3. The molecule has 3 N–H and O–H groups in total. The summed E-state index contributed by atoms with van der Waals surface area (Å²) in [5.41, 5.74) is 6.93. The predicted octanol–water partition coefficient (Wildman–Crippen LogP) is 2.02. The summed E-state index contributed by atoms with van der Waals surface area (Å²) >= 11 is 1.85. The number of carbonyl (C=O) groups excluding carboxylic acids is 1. The summed E-state index contributed by atoms with van der Waals surface area (Å²) in [6, 6.07) is 7.97. The van der Waals surface area contributed by atoms with Gasteiger partial charge in [0, 0.05) is 23.9 Å². The number of carbonyl (C=O) groups is 1. The van der Waals surface area contributed by atoms with E-state index in [9.17, 15) is 4.79 Å². The molecule has 1 aromatic carbocycles. The summed E-state index contributed by atoms with van der Waals surface area (Å²) in [7, 11) is 0. The number of primary amides is 1. The van der Waals surface area contributed by atoms with Crippen molar-refractivity contribution in [3.05, 3.63) is 35.4 Å². The van der Waals surface area contributed by atoms with Crippen LogP contribution >= 0.6 is 11.8 Å². The third kappa shape index (κ3) is 4.79. The lowest BCUT2D eigenvalue weighted by Crippen LogP contribution is -2.30. The number of thioether (sulfide) groups is 1. The van der Waals surface area contributed by atoms with Crippen molar-refractivity contribution in [1.29, 1.82) is 0 Å². The smallest absolute Gasteiger partial charge is 0.248 e. The van der Waals surface area contributed by atoms with E-state index in [-0.39, 0.29) is 5.91 Å². The topological polar surface area (TPSA) is 55.1 Å². The zero-order chi connectivity index (χ0) is 12.7. The molecule has 0 aromatic heterocycles. The minimum Gasteiger partial charge on any atom is -0.366 e. The normalized spacial score (nSPS) is 12.4. The molecule has 1 aromatic rings. The van der Waals surface area contributed by atoms with Gasteiger partial charge in [-0.25, -0.2) is 0 Å². The Balaban J connectivity index is 2.48. The van der Waals surface area contributed by atoms with E-state index in [1.165, 1.54) is 5.56 Å². The van der Waals surface area contributed by atoms with Crippen LogP contribution in [0.4, 0.5) is 0 Å². The van der Waals surface area contributed by atoms with Gasteiger partial charge in [-0.1, -0.05) is 19.1 Å². The van der Waals surface area contributed by atoms with Gasteiger partial charge in [-0.05, 0) is 30.4 Å². The van der Waals surface area contributed by atoms with Crippen LogP contribution in [0.15, 0.2) is 24.3 Å². The fourth-order valence-corrected chi connectivity index (χ4v) is 2.33. The summed E-state index contributed by atoms with van der Waals surface area (Å²) in [5.74, 6) is 0.744. The molecule has 0 bridgehead atoms. The van der Waals surface area contributed by atoms with Crippen LogP contribution in [0.2, 0.25) is 0 Å². The third-order valence-corrected chi connectivity index (χ3v) is 3.43. The van der Waals surface area contributed by atoms with Gasteiger partial charge in [-0.2, -0.15) is 11.8 Å². The van der Waals surface area contributed by atoms with Gasteiger partial charge in [-0.15, -0.1) is 0 Å². The van der Waals surface area contributed by atoms with Crippen LogP contribution < -0.4 is 11.1 Å². The van der Waals surface area contributed by atoms with Gasteiger partial charge in [0.05, 0.1) is 0 Å².